The van der Waals surface area contributed by atoms with Crippen molar-refractivity contribution in [2.24, 2.45) is 7.05 Å². The third-order valence-corrected chi connectivity index (χ3v) is 5.40. The van der Waals surface area contributed by atoms with E-state index in [0.717, 1.165) is 26.0 Å². The van der Waals surface area contributed by atoms with Gasteiger partial charge in [0.25, 0.3) is 0 Å². The molecule has 0 radical (unpaired) electrons. The van der Waals surface area contributed by atoms with Crippen molar-refractivity contribution in [3.05, 3.63) is 46.3 Å². The van der Waals surface area contributed by atoms with E-state index >= 15 is 0 Å². The molecule has 0 spiro atoms. The lowest BCUT2D eigenvalue weighted by Gasteiger charge is -2.05. The first kappa shape index (κ1) is 16.2. The fourth-order valence-corrected chi connectivity index (χ4v) is 3.81. The summed E-state index contributed by atoms with van der Waals surface area (Å²) in [6.07, 6.45) is 0. The Morgan fingerprint density at radius 2 is 2.22 bits per heavy atom. The minimum atomic E-state index is -0.0752. The van der Waals surface area contributed by atoms with Crippen molar-refractivity contribution in [3.8, 4) is 10.7 Å². The van der Waals surface area contributed by atoms with Crippen molar-refractivity contribution in [3.63, 3.8) is 0 Å². The first-order valence-corrected chi connectivity index (χ1v) is 9.41. The number of anilines is 1. The topological polar surface area (TPSA) is 59.8 Å². The van der Waals surface area contributed by atoms with Crippen molar-refractivity contribution in [2.45, 2.75) is 5.16 Å². The molecule has 0 aliphatic heterocycles. The molecule has 8 heteroatoms. The number of thioether (sulfide) groups is 1. The minimum Gasteiger partial charge on any atom is -0.325 e. The van der Waals surface area contributed by atoms with Crippen molar-refractivity contribution in [2.75, 3.05) is 11.1 Å². The molecule has 3 rings (SSSR count). The second-order valence-corrected chi connectivity index (χ2v) is 7.50. The highest BCUT2D eigenvalue weighted by molar-refractivity contribution is 9.10. The first-order valence-electron chi connectivity index (χ1n) is 6.75. The molecule has 2 heterocycles. The van der Waals surface area contributed by atoms with Gasteiger partial charge in [0.1, 0.15) is 0 Å². The van der Waals surface area contributed by atoms with E-state index in [2.05, 4.69) is 31.4 Å². The number of hydrogen-bond donors (Lipinski definition) is 1. The summed E-state index contributed by atoms with van der Waals surface area (Å²) < 4.78 is 2.83. The molecular formula is C15H13BrN4OS2. The molecule has 0 unspecified atom stereocenters. The maximum absolute atomic E-state index is 12.0. The number of nitrogens with one attached hydrogen (secondary N) is 1. The summed E-state index contributed by atoms with van der Waals surface area (Å²) in [5, 5.41) is 13.9. The van der Waals surface area contributed by atoms with Crippen molar-refractivity contribution >= 4 is 50.6 Å². The van der Waals surface area contributed by atoms with Crippen LogP contribution in [0.5, 0.6) is 0 Å². The fourth-order valence-electron chi connectivity index (χ4n) is 1.95. The molecule has 118 valence electrons. The van der Waals surface area contributed by atoms with Crippen LogP contribution in [0.15, 0.2) is 51.4 Å². The number of aromatic nitrogens is 3. The average Bonchev–Trinajstić information content (AvgIpc) is 3.15. The highest BCUT2D eigenvalue weighted by Gasteiger charge is 2.13. The monoisotopic (exact) mass is 408 g/mol. The van der Waals surface area contributed by atoms with E-state index < -0.39 is 0 Å². The lowest BCUT2D eigenvalue weighted by molar-refractivity contribution is -0.113. The zero-order valence-electron chi connectivity index (χ0n) is 12.2. The van der Waals surface area contributed by atoms with Gasteiger partial charge in [0.05, 0.1) is 10.6 Å². The molecule has 0 saturated heterocycles. The standard InChI is InChI=1S/C15H13BrN4OS2/c1-20-14(12-6-3-7-22-12)18-19-15(20)23-9-13(21)17-11-5-2-4-10(16)8-11/h2-8H,9H2,1H3,(H,17,21). The molecule has 23 heavy (non-hydrogen) atoms. The number of benzene rings is 1. The van der Waals surface area contributed by atoms with Crippen LogP contribution >= 0.6 is 39.0 Å². The number of carbonyl (C=O) groups is 1. The van der Waals surface area contributed by atoms with E-state index in [-0.39, 0.29) is 11.7 Å². The molecule has 0 bridgehead atoms. The molecule has 0 aliphatic carbocycles. The summed E-state index contributed by atoms with van der Waals surface area (Å²) in [5.41, 5.74) is 0.766. The summed E-state index contributed by atoms with van der Waals surface area (Å²) >= 11 is 6.36. The maximum Gasteiger partial charge on any atom is 0.234 e. The maximum atomic E-state index is 12.0. The van der Waals surface area contributed by atoms with E-state index in [1.54, 1.807) is 11.3 Å². The van der Waals surface area contributed by atoms with E-state index in [0.29, 0.717) is 0 Å². The van der Waals surface area contributed by atoms with Crippen LogP contribution in [0.25, 0.3) is 10.7 Å². The van der Waals surface area contributed by atoms with E-state index in [1.807, 2.05) is 53.4 Å². The lowest BCUT2D eigenvalue weighted by Crippen LogP contribution is -2.14. The molecular weight excluding hydrogens is 396 g/mol. The Balaban J connectivity index is 1.61. The first-order chi connectivity index (χ1) is 11.1. The lowest BCUT2D eigenvalue weighted by atomic mass is 10.3. The van der Waals surface area contributed by atoms with Crippen LogP contribution in [-0.4, -0.2) is 26.4 Å². The van der Waals surface area contributed by atoms with Crippen LogP contribution in [0, 0.1) is 0 Å². The van der Waals surface area contributed by atoms with Gasteiger partial charge in [-0.15, -0.1) is 21.5 Å². The van der Waals surface area contributed by atoms with Gasteiger partial charge in [-0.2, -0.15) is 0 Å². The molecule has 0 aliphatic rings. The van der Waals surface area contributed by atoms with Gasteiger partial charge in [-0.05, 0) is 29.6 Å². The van der Waals surface area contributed by atoms with Gasteiger partial charge >= 0.3 is 0 Å². The highest BCUT2D eigenvalue weighted by atomic mass is 79.9. The summed E-state index contributed by atoms with van der Waals surface area (Å²) in [6, 6.07) is 11.5. The van der Waals surface area contributed by atoms with Gasteiger partial charge in [0.15, 0.2) is 11.0 Å². The van der Waals surface area contributed by atoms with Crippen LogP contribution in [0.3, 0.4) is 0 Å². The SMILES string of the molecule is Cn1c(SCC(=O)Nc2cccc(Br)c2)nnc1-c1cccs1. The normalized spacial score (nSPS) is 10.7. The van der Waals surface area contributed by atoms with Gasteiger partial charge in [0, 0.05) is 17.2 Å². The third-order valence-electron chi connectivity index (χ3n) is 3.02. The van der Waals surface area contributed by atoms with Gasteiger partial charge in [-0.25, -0.2) is 0 Å². The van der Waals surface area contributed by atoms with Gasteiger partial charge in [0.2, 0.25) is 5.91 Å². The van der Waals surface area contributed by atoms with Gasteiger partial charge in [-0.3, -0.25) is 4.79 Å². The molecule has 1 amide bonds. The second-order valence-electron chi connectivity index (χ2n) is 4.69. The summed E-state index contributed by atoms with van der Waals surface area (Å²) in [5.74, 6) is 1.02. The van der Waals surface area contributed by atoms with Crippen LogP contribution in [0.1, 0.15) is 0 Å². The van der Waals surface area contributed by atoms with Crippen molar-refractivity contribution in [1.82, 2.24) is 14.8 Å². The van der Waals surface area contributed by atoms with E-state index in [1.165, 1.54) is 11.8 Å². The third kappa shape index (κ3) is 4.01. The quantitative estimate of drug-likeness (QED) is 0.647. The fraction of sp³-hybridized carbons (Fsp3) is 0.133. The molecule has 1 aromatic carbocycles. The van der Waals surface area contributed by atoms with Gasteiger partial charge in [-0.1, -0.05) is 39.8 Å². The number of carbonyl (C=O) groups excluding carboxylic acids is 1. The Labute approximate surface area is 150 Å². The van der Waals surface area contributed by atoms with Gasteiger partial charge < -0.3 is 9.88 Å². The van der Waals surface area contributed by atoms with Crippen LogP contribution in [0.4, 0.5) is 5.69 Å². The Morgan fingerprint density at radius 1 is 1.35 bits per heavy atom. The highest BCUT2D eigenvalue weighted by Crippen LogP contribution is 2.26. The molecule has 0 fully saturated rings. The Bertz CT molecular complexity index is 817. The number of thiophene rings is 1. The zero-order chi connectivity index (χ0) is 16.2. The van der Waals surface area contributed by atoms with Crippen LogP contribution in [0.2, 0.25) is 0 Å². The molecule has 1 N–H and O–H groups in total. The molecule has 5 nitrogen and oxygen atoms in total. The van der Waals surface area contributed by atoms with Crippen LogP contribution in [-0.2, 0) is 11.8 Å². The van der Waals surface area contributed by atoms with Crippen LogP contribution < -0.4 is 5.32 Å². The number of hydrogen-bond acceptors (Lipinski definition) is 5. The second kappa shape index (κ2) is 7.29. The van der Waals surface area contributed by atoms with E-state index in [4.69, 9.17) is 0 Å². The summed E-state index contributed by atoms with van der Waals surface area (Å²) in [4.78, 5) is 13.1. The zero-order valence-corrected chi connectivity index (χ0v) is 15.4. The Morgan fingerprint density at radius 3 is 2.96 bits per heavy atom. The number of halogens is 1. The minimum absolute atomic E-state index is 0.0752. The Kier molecular flexibility index (Phi) is 5.14. The largest absolute Gasteiger partial charge is 0.325 e. The number of amides is 1. The van der Waals surface area contributed by atoms with E-state index in [9.17, 15) is 4.79 Å². The van der Waals surface area contributed by atoms with Crippen molar-refractivity contribution in [1.29, 1.82) is 0 Å². The molecule has 3 aromatic rings. The molecule has 0 atom stereocenters. The summed E-state index contributed by atoms with van der Waals surface area (Å²) in [6.45, 7) is 0. The molecule has 2 aromatic heterocycles. The van der Waals surface area contributed by atoms with Crippen molar-refractivity contribution < 1.29 is 4.79 Å². The predicted molar refractivity (Wildman–Crippen MR) is 97.8 cm³/mol. The Hall–Kier alpha value is -1.64. The predicted octanol–water partition coefficient (Wildman–Crippen LogP) is 4.04. The average molecular weight is 409 g/mol. The summed E-state index contributed by atoms with van der Waals surface area (Å²) in [7, 11) is 1.91. The number of nitrogens with zero attached hydrogens (tertiary/aromatic N) is 3. The number of rotatable bonds is 5. The smallest absolute Gasteiger partial charge is 0.234 e. The molecule has 0 saturated carbocycles.